The molecule has 1 rings (SSSR count). The van der Waals surface area contributed by atoms with E-state index in [9.17, 15) is 14.4 Å². The molecule has 1 heterocycles. The van der Waals surface area contributed by atoms with E-state index < -0.39 is 35.8 Å². The van der Waals surface area contributed by atoms with E-state index in [0.717, 1.165) is 5.57 Å². The predicted octanol–water partition coefficient (Wildman–Crippen LogP) is 0.973. The van der Waals surface area contributed by atoms with Crippen LogP contribution in [-0.4, -0.2) is 45.8 Å². The van der Waals surface area contributed by atoms with Gasteiger partial charge in [0.05, 0.1) is 12.3 Å². The van der Waals surface area contributed by atoms with Crippen molar-refractivity contribution in [1.29, 1.82) is 0 Å². The van der Waals surface area contributed by atoms with Gasteiger partial charge in [0.2, 0.25) is 0 Å². The number of nitrogens with one attached hydrogen (secondary N) is 1. The Morgan fingerprint density at radius 3 is 2.41 bits per heavy atom. The van der Waals surface area contributed by atoms with Gasteiger partial charge in [0.25, 0.3) is 0 Å². The molecule has 1 aliphatic heterocycles. The lowest BCUT2D eigenvalue weighted by Gasteiger charge is -2.20. The third-order valence-corrected chi connectivity index (χ3v) is 3.91. The van der Waals surface area contributed by atoms with Gasteiger partial charge in [0.15, 0.2) is 0 Å². The Hall–Kier alpha value is -2.15. The van der Waals surface area contributed by atoms with Crippen LogP contribution in [0.15, 0.2) is 23.8 Å². The Morgan fingerprint density at radius 1 is 1.27 bits per heavy atom. The van der Waals surface area contributed by atoms with Crippen molar-refractivity contribution in [3.8, 4) is 0 Å². The van der Waals surface area contributed by atoms with Crippen molar-refractivity contribution < 1.29 is 29.7 Å². The van der Waals surface area contributed by atoms with Crippen LogP contribution in [0.3, 0.4) is 0 Å². The molecule has 7 nitrogen and oxygen atoms in total. The molecular formula is C15H21NO6. The monoisotopic (exact) mass is 311 g/mol. The Morgan fingerprint density at radius 2 is 1.91 bits per heavy atom. The summed E-state index contributed by atoms with van der Waals surface area (Å²) in [5.41, 5.74) is 0.830. The van der Waals surface area contributed by atoms with Gasteiger partial charge in [0.1, 0.15) is 6.04 Å². The van der Waals surface area contributed by atoms with E-state index >= 15 is 0 Å². The van der Waals surface area contributed by atoms with E-state index in [1.807, 2.05) is 0 Å². The summed E-state index contributed by atoms with van der Waals surface area (Å²) in [6, 6.07) is -0.883. The molecule has 1 fully saturated rings. The highest BCUT2D eigenvalue weighted by molar-refractivity contribution is 5.76. The average molecular weight is 311 g/mol. The van der Waals surface area contributed by atoms with Crippen LogP contribution in [-0.2, 0) is 14.4 Å². The Labute approximate surface area is 128 Å². The van der Waals surface area contributed by atoms with Crippen LogP contribution in [0.1, 0.15) is 20.3 Å². The summed E-state index contributed by atoms with van der Waals surface area (Å²) in [5.74, 6) is -4.38. The van der Waals surface area contributed by atoms with Gasteiger partial charge in [-0.15, -0.1) is 0 Å². The average Bonchev–Trinajstić information content (AvgIpc) is 2.81. The fourth-order valence-electron chi connectivity index (χ4n) is 2.60. The number of aliphatic carboxylic acids is 3. The van der Waals surface area contributed by atoms with Crippen molar-refractivity contribution in [2.45, 2.75) is 26.3 Å². The van der Waals surface area contributed by atoms with Gasteiger partial charge < -0.3 is 20.6 Å². The number of hydrogen-bond donors (Lipinski definition) is 4. The normalized spacial score (nSPS) is 27.0. The number of carbonyl (C=O) groups is 3. The third-order valence-electron chi connectivity index (χ3n) is 3.91. The Balaban J connectivity index is 2.85. The summed E-state index contributed by atoms with van der Waals surface area (Å²) < 4.78 is 0. The molecule has 0 aromatic heterocycles. The van der Waals surface area contributed by atoms with Crippen LogP contribution < -0.4 is 5.32 Å². The van der Waals surface area contributed by atoms with Crippen molar-refractivity contribution in [3.63, 3.8) is 0 Å². The molecule has 4 atom stereocenters. The largest absolute Gasteiger partial charge is 0.481 e. The Bertz CT molecular complexity index is 510. The highest BCUT2D eigenvalue weighted by Gasteiger charge is 2.41. The van der Waals surface area contributed by atoms with E-state index in [0.29, 0.717) is 6.54 Å². The predicted molar refractivity (Wildman–Crippen MR) is 78.4 cm³/mol. The van der Waals surface area contributed by atoms with Gasteiger partial charge >= 0.3 is 17.9 Å². The van der Waals surface area contributed by atoms with Gasteiger partial charge in [-0.25, -0.2) is 0 Å². The summed E-state index contributed by atoms with van der Waals surface area (Å²) in [4.78, 5) is 32.8. The second-order valence-electron chi connectivity index (χ2n) is 5.51. The summed E-state index contributed by atoms with van der Waals surface area (Å²) in [6.07, 6.45) is 4.62. The minimum absolute atomic E-state index is 0.206. The quantitative estimate of drug-likeness (QED) is 0.516. The molecule has 0 bridgehead atoms. The fraction of sp³-hybridized carbons (Fsp3) is 0.533. The van der Waals surface area contributed by atoms with E-state index in [1.165, 1.54) is 6.08 Å². The smallest absolute Gasteiger partial charge is 0.321 e. The summed E-state index contributed by atoms with van der Waals surface area (Å²) in [7, 11) is 0. The molecule has 122 valence electrons. The molecule has 4 N–H and O–H groups in total. The maximum Gasteiger partial charge on any atom is 0.321 e. The van der Waals surface area contributed by atoms with Gasteiger partial charge in [-0.3, -0.25) is 14.4 Å². The number of rotatable bonds is 7. The van der Waals surface area contributed by atoms with Crippen LogP contribution in [0.25, 0.3) is 0 Å². The van der Waals surface area contributed by atoms with E-state index in [-0.39, 0.29) is 12.3 Å². The zero-order valence-electron chi connectivity index (χ0n) is 12.5. The molecule has 7 heteroatoms. The molecule has 0 radical (unpaired) electrons. The molecular weight excluding hydrogens is 290 g/mol. The minimum atomic E-state index is -1.06. The summed E-state index contributed by atoms with van der Waals surface area (Å²) in [5, 5.41) is 29.7. The van der Waals surface area contributed by atoms with E-state index in [1.54, 1.807) is 26.0 Å². The first kappa shape index (κ1) is 17.9. The minimum Gasteiger partial charge on any atom is -0.481 e. The molecule has 1 aliphatic rings. The number of carboxylic acids is 3. The van der Waals surface area contributed by atoms with Gasteiger partial charge in [-0.2, -0.15) is 0 Å². The van der Waals surface area contributed by atoms with Gasteiger partial charge in [0, 0.05) is 12.5 Å². The SMILES string of the molecule is C/C(=C/C=C/[C@@H](C)C(=O)O)[C@@H]1CN[C@H](C(=O)O)[C@@H]1CC(=O)O. The lowest BCUT2D eigenvalue weighted by Crippen LogP contribution is -2.36. The fourth-order valence-corrected chi connectivity index (χ4v) is 2.60. The zero-order chi connectivity index (χ0) is 16.9. The zero-order valence-corrected chi connectivity index (χ0v) is 12.5. The Kier molecular flexibility index (Phi) is 6.30. The molecule has 22 heavy (non-hydrogen) atoms. The molecule has 0 aromatic carbocycles. The second kappa shape index (κ2) is 7.74. The molecule has 0 saturated carbocycles. The topological polar surface area (TPSA) is 124 Å². The summed E-state index contributed by atoms with van der Waals surface area (Å²) >= 11 is 0. The molecule has 0 amide bonds. The van der Waals surface area contributed by atoms with Crippen LogP contribution >= 0.6 is 0 Å². The number of hydrogen-bond acceptors (Lipinski definition) is 4. The molecule has 0 aromatic rings. The van der Waals surface area contributed by atoms with Crippen molar-refractivity contribution >= 4 is 17.9 Å². The van der Waals surface area contributed by atoms with Gasteiger partial charge in [-0.05, 0) is 19.8 Å². The van der Waals surface area contributed by atoms with Crippen molar-refractivity contribution in [2.75, 3.05) is 6.54 Å². The molecule has 0 unspecified atom stereocenters. The van der Waals surface area contributed by atoms with Gasteiger partial charge in [-0.1, -0.05) is 23.8 Å². The maximum absolute atomic E-state index is 11.2. The second-order valence-corrected chi connectivity index (χ2v) is 5.51. The lowest BCUT2D eigenvalue weighted by atomic mass is 9.83. The standard InChI is InChI=1S/C15H21NO6/c1-8(4-3-5-9(2)14(19)20)11-7-16-13(15(21)22)10(11)6-12(17)18/h3-5,9-11,13,16H,6-7H2,1-2H3,(H,17,18)(H,19,20)(H,21,22)/b5-3+,8-4-/t9-,10-,11+,13+/m1/s1. The molecule has 0 aliphatic carbocycles. The van der Waals surface area contributed by atoms with Crippen LogP contribution in [0, 0.1) is 17.8 Å². The number of allylic oxidation sites excluding steroid dienone is 2. The van der Waals surface area contributed by atoms with Crippen LogP contribution in [0.5, 0.6) is 0 Å². The van der Waals surface area contributed by atoms with E-state index in [4.69, 9.17) is 15.3 Å². The van der Waals surface area contributed by atoms with Crippen molar-refractivity contribution in [2.24, 2.45) is 17.8 Å². The van der Waals surface area contributed by atoms with Crippen LogP contribution in [0.2, 0.25) is 0 Å². The highest BCUT2D eigenvalue weighted by Crippen LogP contribution is 2.31. The maximum atomic E-state index is 11.2. The number of carboxylic acid groups (broad SMARTS) is 3. The van der Waals surface area contributed by atoms with Crippen molar-refractivity contribution in [3.05, 3.63) is 23.8 Å². The third kappa shape index (κ3) is 4.70. The van der Waals surface area contributed by atoms with Crippen LogP contribution in [0.4, 0.5) is 0 Å². The first-order valence-corrected chi connectivity index (χ1v) is 6.99. The first-order chi connectivity index (χ1) is 10.2. The lowest BCUT2D eigenvalue weighted by molar-refractivity contribution is -0.142. The molecule has 0 spiro atoms. The van der Waals surface area contributed by atoms with Crippen molar-refractivity contribution in [1.82, 2.24) is 5.32 Å². The first-order valence-electron chi connectivity index (χ1n) is 6.99. The summed E-state index contributed by atoms with van der Waals surface area (Å²) in [6.45, 7) is 3.73. The molecule has 1 saturated heterocycles. The highest BCUT2D eigenvalue weighted by atomic mass is 16.4. The van der Waals surface area contributed by atoms with E-state index in [2.05, 4.69) is 5.32 Å².